The predicted molar refractivity (Wildman–Crippen MR) is 72.9 cm³/mol. The van der Waals surface area contributed by atoms with Gasteiger partial charge in [0.05, 0.1) is 5.69 Å². The number of pyridine rings is 1. The van der Waals surface area contributed by atoms with Crippen LogP contribution in [0.1, 0.15) is 31.7 Å². The Kier molecular flexibility index (Phi) is 4.31. The van der Waals surface area contributed by atoms with E-state index in [1.54, 1.807) is 0 Å². The fourth-order valence-electron chi connectivity index (χ4n) is 1.93. The number of rotatable bonds is 5. The van der Waals surface area contributed by atoms with E-state index in [1.165, 1.54) is 30.4 Å². The fourth-order valence-corrected chi connectivity index (χ4v) is 1.93. The van der Waals surface area contributed by atoms with Crippen molar-refractivity contribution < 1.29 is 0 Å². The molecule has 1 heterocycles. The summed E-state index contributed by atoms with van der Waals surface area (Å²) in [6, 6.07) is 14.6. The summed E-state index contributed by atoms with van der Waals surface area (Å²) in [5.41, 5.74) is 3.59. The van der Waals surface area contributed by atoms with E-state index in [9.17, 15) is 0 Å². The number of hydrogen-bond donors (Lipinski definition) is 0. The maximum Gasteiger partial charge on any atom is 0.0702 e. The zero-order valence-electron chi connectivity index (χ0n) is 10.4. The maximum atomic E-state index is 4.53. The minimum absolute atomic E-state index is 1.06. The summed E-state index contributed by atoms with van der Waals surface area (Å²) >= 11 is 0. The van der Waals surface area contributed by atoms with Gasteiger partial charge >= 0.3 is 0 Å². The highest BCUT2D eigenvalue weighted by atomic mass is 14.7. The third-order valence-corrected chi connectivity index (χ3v) is 2.96. The van der Waals surface area contributed by atoms with Gasteiger partial charge in [0.25, 0.3) is 0 Å². The second-order valence-corrected chi connectivity index (χ2v) is 4.37. The first kappa shape index (κ1) is 11.8. The van der Waals surface area contributed by atoms with E-state index in [2.05, 4.69) is 36.2 Å². The van der Waals surface area contributed by atoms with Gasteiger partial charge in [-0.25, -0.2) is 0 Å². The zero-order valence-corrected chi connectivity index (χ0v) is 10.4. The van der Waals surface area contributed by atoms with Crippen LogP contribution >= 0.6 is 0 Å². The summed E-state index contributed by atoms with van der Waals surface area (Å²) in [7, 11) is 0. The van der Waals surface area contributed by atoms with Gasteiger partial charge in [-0.1, -0.05) is 56.2 Å². The minimum atomic E-state index is 1.06. The number of nitrogens with zero attached hydrogens (tertiary/aromatic N) is 1. The van der Waals surface area contributed by atoms with Crippen LogP contribution in [-0.4, -0.2) is 4.98 Å². The first-order chi connectivity index (χ1) is 8.40. The van der Waals surface area contributed by atoms with Crippen molar-refractivity contribution in [3.05, 3.63) is 54.2 Å². The summed E-state index contributed by atoms with van der Waals surface area (Å²) in [6.07, 6.45) is 7.01. The third kappa shape index (κ3) is 3.42. The van der Waals surface area contributed by atoms with Crippen molar-refractivity contribution in [3.63, 3.8) is 0 Å². The van der Waals surface area contributed by atoms with Gasteiger partial charge < -0.3 is 0 Å². The lowest BCUT2D eigenvalue weighted by molar-refractivity contribution is 0.716. The SMILES string of the molecule is CCCCCc1ccc(-c2ccccc2)nc1. The molecule has 0 spiro atoms. The largest absolute Gasteiger partial charge is 0.256 e. The van der Waals surface area contributed by atoms with Crippen LogP contribution in [0.3, 0.4) is 0 Å². The molecule has 88 valence electrons. The molecular formula is C16H19N. The number of aromatic nitrogens is 1. The van der Waals surface area contributed by atoms with Crippen molar-refractivity contribution in [3.8, 4) is 11.3 Å². The predicted octanol–water partition coefficient (Wildman–Crippen LogP) is 4.48. The lowest BCUT2D eigenvalue weighted by atomic mass is 10.1. The molecule has 0 bridgehead atoms. The third-order valence-electron chi connectivity index (χ3n) is 2.96. The van der Waals surface area contributed by atoms with Gasteiger partial charge in [0.2, 0.25) is 0 Å². The summed E-state index contributed by atoms with van der Waals surface area (Å²) in [4.78, 5) is 4.53. The Hall–Kier alpha value is -1.63. The van der Waals surface area contributed by atoms with Crippen LogP contribution in [0.4, 0.5) is 0 Å². The van der Waals surface area contributed by atoms with Crippen LogP contribution in [0.15, 0.2) is 48.7 Å². The monoisotopic (exact) mass is 225 g/mol. The van der Waals surface area contributed by atoms with Crippen molar-refractivity contribution in [2.75, 3.05) is 0 Å². The van der Waals surface area contributed by atoms with Crippen LogP contribution in [0.25, 0.3) is 11.3 Å². The second-order valence-electron chi connectivity index (χ2n) is 4.37. The number of aryl methyl sites for hydroxylation is 1. The van der Waals surface area contributed by atoms with Gasteiger partial charge in [-0.15, -0.1) is 0 Å². The maximum absolute atomic E-state index is 4.53. The first-order valence-electron chi connectivity index (χ1n) is 6.40. The van der Waals surface area contributed by atoms with Crippen LogP contribution < -0.4 is 0 Å². The van der Waals surface area contributed by atoms with Gasteiger partial charge in [-0.2, -0.15) is 0 Å². The summed E-state index contributed by atoms with van der Waals surface area (Å²) < 4.78 is 0. The molecule has 0 unspecified atom stereocenters. The van der Waals surface area contributed by atoms with Crippen LogP contribution in [0.2, 0.25) is 0 Å². The number of unbranched alkanes of at least 4 members (excludes halogenated alkanes) is 2. The van der Waals surface area contributed by atoms with Gasteiger partial charge in [0, 0.05) is 11.8 Å². The Bertz CT molecular complexity index is 431. The van der Waals surface area contributed by atoms with E-state index in [-0.39, 0.29) is 0 Å². The molecule has 0 saturated heterocycles. The van der Waals surface area contributed by atoms with Crippen molar-refractivity contribution in [1.82, 2.24) is 4.98 Å². The average Bonchev–Trinajstić information content (AvgIpc) is 2.41. The van der Waals surface area contributed by atoms with Gasteiger partial charge in [-0.05, 0) is 24.5 Å². The molecule has 1 heteroatoms. The van der Waals surface area contributed by atoms with Crippen molar-refractivity contribution in [2.45, 2.75) is 32.6 Å². The Labute approximate surface area is 104 Å². The smallest absolute Gasteiger partial charge is 0.0702 e. The molecule has 1 nitrogen and oxygen atoms in total. The fraction of sp³-hybridized carbons (Fsp3) is 0.312. The molecule has 0 fully saturated rings. The Morgan fingerprint density at radius 3 is 2.41 bits per heavy atom. The molecule has 0 atom stereocenters. The lowest BCUT2D eigenvalue weighted by Gasteiger charge is -2.03. The van der Waals surface area contributed by atoms with E-state index in [4.69, 9.17) is 0 Å². The average molecular weight is 225 g/mol. The van der Waals surface area contributed by atoms with Crippen LogP contribution in [0, 0.1) is 0 Å². The standard InChI is InChI=1S/C16H19N/c1-2-3-5-8-14-11-12-16(17-13-14)15-9-6-4-7-10-15/h4,6-7,9-13H,2-3,5,8H2,1H3. The zero-order chi connectivity index (χ0) is 11.9. The Balaban J connectivity index is 2.03. The van der Waals surface area contributed by atoms with Crippen molar-refractivity contribution in [1.29, 1.82) is 0 Å². The molecule has 17 heavy (non-hydrogen) atoms. The molecule has 0 radical (unpaired) electrons. The van der Waals surface area contributed by atoms with Crippen LogP contribution in [0.5, 0.6) is 0 Å². The lowest BCUT2D eigenvalue weighted by Crippen LogP contribution is -1.89. The molecule has 0 aliphatic rings. The minimum Gasteiger partial charge on any atom is -0.256 e. The Morgan fingerprint density at radius 1 is 0.941 bits per heavy atom. The molecular weight excluding hydrogens is 206 g/mol. The van der Waals surface area contributed by atoms with Gasteiger partial charge in [-0.3, -0.25) is 4.98 Å². The summed E-state index contributed by atoms with van der Waals surface area (Å²) in [5.74, 6) is 0. The molecule has 1 aromatic carbocycles. The Morgan fingerprint density at radius 2 is 1.76 bits per heavy atom. The molecule has 0 aliphatic carbocycles. The normalized spacial score (nSPS) is 10.4. The highest BCUT2D eigenvalue weighted by Crippen LogP contribution is 2.16. The molecule has 2 rings (SSSR count). The molecule has 0 aliphatic heterocycles. The van der Waals surface area contributed by atoms with Gasteiger partial charge in [0.15, 0.2) is 0 Å². The molecule has 0 N–H and O–H groups in total. The number of hydrogen-bond acceptors (Lipinski definition) is 1. The number of benzene rings is 1. The highest BCUT2D eigenvalue weighted by molar-refractivity contribution is 5.58. The van der Waals surface area contributed by atoms with Crippen LogP contribution in [-0.2, 0) is 6.42 Å². The second kappa shape index (κ2) is 6.19. The van der Waals surface area contributed by atoms with E-state index in [0.29, 0.717) is 0 Å². The van der Waals surface area contributed by atoms with E-state index < -0.39 is 0 Å². The van der Waals surface area contributed by atoms with Gasteiger partial charge in [0.1, 0.15) is 0 Å². The highest BCUT2D eigenvalue weighted by Gasteiger charge is 1.98. The molecule has 1 aromatic heterocycles. The first-order valence-corrected chi connectivity index (χ1v) is 6.40. The summed E-state index contributed by atoms with van der Waals surface area (Å²) in [5, 5.41) is 0. The molecule has 0 saturated carbocycles. The topological polar surface area (TPSA) is 12.9 Å². The van der Waals surface area contributed by atoms with E-state index in [1.807, 2.05) is 24.4 Å². The van der Waals surface area contributed by atoms with E-state index >= 15 is 0 Å². The van der Waals surface area contributed by atoms with E-state index in [0.717, 1.165) is 12.1 Å². The van der Waals surface area contributed by atoms with Crippen molar-refractivity contribution in [2.24, 2.45) is 0 Å². The quantitative estimate of drug-likeness (QED) is 0.684. The van der Waals surface area contributed by atoms with Crippen molar-refractivity contribution >= 4 is 0 Å². The summed E-state index contributed by atoms with van der Waals surface area (Å²) in [6.45, 7) is 2.23. The molecule has 0 amide bonds. The molecule has 2 aromatic rings.